The lowest BCUT2D eigenvalue weighted by Gasteiger charge is -2.26. The van der Waals surface area contributed by atoms with E-state index in [9.17, 15) is 4.79 Å². The molecular weight excluding hydrogens is 262 g/mol. The molecule has 1 aliphatic rings. The van der Waals surface area contributed by atoms with Crippen LogP contribution in [-0.4, -0.2) is 12.0 Å². The lowest BCUT2D eigenvalue weighted by molar-refractivity contribution is -0.129. The summed E-state index contributed by atoms with van der Waals surface area (Å²) in [5, 5.41) is 3.03. The fourth-order valence-corrected chi connectivity index (χ4v) is 2.64. The molecule has 1 amide bonds. The monoisotopic (exact) mass is 281 g/mol. The lowest BCUT2D eigenvalue weighted by Crippen LogP contribution is -2.41. The molecule has 0 saturated carbocycles. The minimum Gasteiger partial charge on any atom is -0.480 e. The molecule has 1 heterocycles. The minimum absolute atomic E-state index is 0.0144. The zero-order chi connectivity index (χ0) is 14.7. The lowest BCUT2D eigenvalue weighted by atomic mass is 10.0. The molecule has 0 spiro atoms. The molecule has 21 heavy (non-hydrogen) atoms. The quantitative estimate of drug-likeness (QED) is 0.937. The molecule has 0 fully saturated rings. The van der Waals surface area contributed by atoms with Crippen molar-refractivity contribution in [3.63, 3.8) is 0 Å². The Morgan fingerprint density at radius 3 is 2.67 bits per heavy atom. The summed E-state index contributed by atoms with van der Waals surface area (Å²) in [6, 6.07) is 17.9. The summed E-state index contributed by atoms with van der Waals surface area (Å²) in [5.41, 5.74) is 2.28. The van der Waals surface area contributed by atoms with E-state index in [2.05, 4.69) is 11.4 Å². The summed E-state index contributed by atoms with van der Waals surface area (Å²) in [7, 11) is 0. The number of nitrogens with one attached hydrogen (secondary N) is 1. The van der Waals surface area contributed by atoms with Crippen molar-refractivity contribution in [3.05, 3.63) is 65.7 Å². The SMILES string of the molecule is C[C@H](NC(=O)C1CCc2ccccc2O1)c1ccccc1. The highest BCUT2D eigenvalue weighted by molar-refractivity contribution is 5.82. The van der Waals surface area contributed by atoms with Crippen LogP contribution in [0.2, 0.25) is 0 Å². The summed E-state index contributed by atoms with van der Waals surface area (Å²) in [4.78, 5) is 12.4. The number of carbonyl (C=O) groups is 1. The number of aryl methyl sites for hydroxylation is 1. The minimum atomic E-state index is -0.397. The van der Waals surface area contributed by atoms with Crippen molar-refractivity contribution in [1.82, 2.24) is 5.32 Å². The molecule has 1 N–H and O–H groups in total. The molecule has 0 radical (unpaired) electrons. The first-order valence-corrected chi connectivity index (χ1v) is 7.34. The average molecular weight is 281 g/mol. The third-order valence-corrected chi connectivity index (χ3v) is 3.87. The average Bonchev–Trinajstić information content (AvgIpc) is 2.55. The number of fused-ring (bicyclic) bond motifs is 1. The number of para-hydroxylation sites is 1. The molecule has 2 atom stereocenters. The van der Waals surface area contributed by atoms with Crippen LogP contribution >= 0.6 is 0 Å². The Kier molecular flexibility index (Phi) is 3.91. The van der Waals surface area contributed by atoms with Gasteiger partial charge in [0.05, 0.1) is 6.04 Å². The molecule has 0 bridgehead atoms. The normalized spacial score (nSPS) is 18.2. The Bertz CT molecular complexity index is 624. The zero-order valence-electron chi connectivity index (χ0n) is 12.1. The van der Waals surface area contributed by atoms with Crippen molar-refractivity contribution < 1.29 is 9.53 Å². The number of rotatable bonds is 3. The molecule has 3 heteroatoms. The Balaban J connectivity index is 1.65. The number of amides is 1. The second-order valence-corrected chi connectivity index (χ2v) is 5.39. The first-order valence-electron chi connectivity index (χ1n) is 7.34. The van der Waals surface area contributed by atoms with Gasteiger partial charge in [0.2, 0.25) is 0 Å². The van der Waals surface area contributed by atoms with Gasteiger partial charge in [0, 0.05) is 0 Å². The molecule has 1 unspecified atom stereocenters. The van der Waals surface area contributed by atoms with Crippen LogP contribution in [0.5, 0.6) is 5.75 Å². The molecule has 0 saturated heterocycles. The summed E-state index contributed by atoms with van der Waals surface area (Å²) in [6.07, 6.45) is 1.21. The van der Waals surface area contributed by atoms with Crippen molar-refractivity contribution in [2.24, 2.45) is 0 Å². The van der Waals surface area contributed by atoms with Gasteiger partial charge in [-0.2, -0.15) is 0 Å². The van der Waals surface area contributed by atoms with Crippen molar-refractivity contribution in [3.8, 4) is 5.75 Å². The second-order valence-electron chi connectivity index (χ2n) is 5.39. The smallest absolute Gasteiger partial charge is 0.261 e. The molecule has 2 aromatic carbocycles. The number of carbonyl (C=O) groups excluding carboxylic acids is 1. The topological polar surface area (TPSA) is 38.3 Å². The van der Waals surface area contributed by atoms with Gasteiger partial charge in [-0.3, -0.25) is 4.79 Å². The van der Waals surface area contributed by atoms with Gasteiger partial charge < -0.3 is 10.1 Å². The van der Waals surface area contributed by atoms with Gasteiger partial charge >= 0.3 is 0 Å². The van der Waals surface area contributed by atoms with Gasteiger partial charge in [0.15, 0.2) is 6.10 Å². The van der Waals surface area contributed by atoms with E-state index in [0.29, 0.717) is 0 Å². The molecule has 0 aromatic heterocycles. The number of hydrogen-bond acceptors (Lipinski definition) is 2. The maximum Gasteiger partial charge on any atom is 0.261 e. The fraction of sp³-hybridized carbons (Fsp3) is 0.278. The van der Waals surface area contributed by atoms with E-state index in [0.717, 1.165) is 24.2 Å². The predicted molar refractivity (Wildman–Crippen MR) is 82.2 cm³/mol. The van der Waals surface area contributed by atoms with Crippen LogP contribution in [0.3, 0.4) is 0 Å². The van der Waals surface area contributed by atoms with Crippen molar-refractivity contribution in [1.29, 1.82) is 0 Å². The molecule has 108 valence electrons. The summed E-state index contributed by atoms with van der Waals surface area (Å²) >= 11 is 0. The summed E-state index contributed by atoms with van der Waals surface area (Å²) in [5.74, 6) is 0.789. The van der Waals surface area contributed by atoms with E-state index >= 15 is 0 Å². The molecule has 1 aliphatic heterocycles. The maximum atomic E-state index is 12.4. The van der Waals surface area contributed by atoms with Crippen LogP contribution in [0.4, 0.5) is 0 Å². The second kappa shape index (κ2) is 6.00. The van der Waals surface area contributed by atoms with Gasteiger partial charge in [-0.1, -0.05) is 48.5 Å². The largest absolute Gasteiger partial charge is 0.480 e. The first-order chi connectivity index (χ1) is 10.2. The standard InChI is InChI=1S/C18H19NO2/c1-13(14-7-3-2-4-8-14)19-18(20)17-12-11-15-9-5-6-10-16(15)21-17/h2-10,13,17H,11-12H2,1H3,(H,19,20)/t13-,17?/m0/s1. The van der Waals surface area contributed by atoms with Crippen LogP contribution in [-0.2, 0) is 11.2 Å². The highest BCUT2D eigenvalue weighted by atomic mass is 16.5. The van der Waals surface area contributed by atoms with E-state index in [-0.39, 0.29) is 11.9 Å². The van der Waals surface area contributed by atoms with Crippen LogP contribution in [0.25, 0.3) is 0 Å². The van der Waals surface area contributed by atoms with Crippen LogP contribution in [0.1, 0.15) is 30.5 Å². The first kappa shape index (κ1) is 13.7. The molecule has 3 nitrogen and oxygen atoms in total. The van der Waals surface area contributed by atoms with Crippen LogP contribution < -0.4 is 10.1 Å². The van der Waals surface area contributed by atoms with Gasteiger partial charge in [-0.15, -0.1) is 0 Å². The zero-order valence-corrected chi connectivity index (χ0v) is 12.1. The summed E-state index contributed by atoms with van der Waals surface area (Å²) in [6.45, 7) is 1.99. The molecule has 0 aliphatic carbocycles. The maximum absolute atomic E-state index is 12.4. The third kappa shape index (κ3) is 3.07. The highest BCUT2D eigenvalue weighted by Gasteiger charge is 2.26. The van der Waals surface area contributed by atoms with Crippen LogP contribution in [0.15, 0.2) is 54.6 Å². The van der Waals surface area contributed by atoms with E-state index < -0.39 is 6.10 Å². The van der Waals surface area contributed by atoms with Crippen LogP contribution in [0, 0.1) is 0 Å². The highest BCUT2D eigenvalue weighted by Crippen LogP contribution is 2.27. The van der Waals surface area contributed by atoms with E-state index in [1.807, 2.05) is 55.5 Å². The Hall–Kier alpha value is -2.29. The molecule has 2 aromatic rings. The van der Waals surface area contributed by atoms with Gasteiger partial charge in [-0.05, 0) is 37.0 Å². The predicted octanol–water partition coefficient (Wildman–Crippen LogP) is 3.26. The van der Waals surface area contributed by atoms with E-state index in [4.69, 9.17) is 4.74 Å². The van der Waals surface area contributed by atoms with Gasteiger partial charge in [-0.25, -0.2) is 0 Å². The van der Waals surface area contributed by atoms with Crippen molar-refractivity contribution in [2.75, 3.05) is 0 Å². The van der Waals surface area contributed by atoms with E-state index in [1.165, 1.54) is 5.56 Å². The molecular formula is C18H19NO2. The Labute approximate surface area is 124 Å². The Morgan fingerprint density at radius 1 is 1.14 bits per heavy atom. The van der Waals surface area contributed by atoms with E-state index in [1.54, 1.807) is 0 Å². The van der Waals surface area contributed by atoms with Crippen molar-refractivity contribution in [2.45, 2.75) is 31.9 Å². The van der Waals surface area contributed by atoms with Crippen molar-refractivity contribution >= 4 is 5.91 Å². The van der Waals surface area contributed by atoms with Gasteiger partial charge in [0.25, 0.3) is 5.91 Å². The number of benzene rings is 2. The Morgan fingerprint density at radius 2 is 1.86 bits per heavy atom. The number of ether oxygens (including phenoxy) is 1. The fourth-order valence-electron chi connectivity index (χ4n) is 2.64. The van der Waals surface area contributed by atoms with Gasteiger partial charge in [0.1, 0.15) is 5.75 Å². The molecule has 3 rings (SSSR count). The third-order valence-electron chi connectivity index (χ3n) is 3.87. The summed E-state index contributed by atoms with van der Waals surface area (Å²) < 4.78 is 5.82. The number of hydrogen-bond donors (Lipinski definition) is 1.